The number of nitrogens with one attached hydrogen (secondary N) is 2. The van der Waals surface area contributed by atoms with Gasteiger partial charge in [0, 0.05) is 24.6 Å². The van der Waals surface area contributed by atoms with Crippen LogP contribution in [0.1, 0.15) is 37.3 Å². The van der Waals surface area contributed by atoms with Crippen LogP contribution in [0.25, 0.3) is 0 Å². The third kappa shape index (κ3) is 5.21. The van der Waals surface area contributed by atoms with Gasteiger partial charge in [-0.1, -0.05) is 38.1 Å². The van der Waals surface area contributed by atoms with E-state index >= 15 is 0 Å². The highest BCUT2D eigenvalue weighted by Gasteiger charge is 2.12. The molecule has 1 aromatic heterocycles. The summed E-state index contributed by atoms with van der Waals surface area (Å²) in [5.74, 6) is -0.332. The number of nitrogens with zero attached hydrogens (tertiary/aromatic N) is 1. The molecule has 0 aliphatic rings. The molecule has 0 radical (unpaired) electrons. The quantitative estimate of drug-likeness (QED) is 0.806. The van der Waals surface area contributed by atoms with Crippen LogP contribution in [-0.2, 0) is 16.1 Å². The van der Waals surface area contributed by atoms with Gasteiger partial charge in [-0.3, -0.25) is 14.6 Å². The number of para-hydroxylation sites is 1. The number of benzene rings is 1. The lowest BCUT2D eigenvalue weighted by molar-refractivity contribution is -0.126. The molecule has 2 rings (SSSR count). The molecule has 0 bridgehead atoms. The molecular formula is C18H21N3O2. The standard InChI is InChI=1S/C18H21N3O2/c1-13(2)15-7-3-4-8-16(15)21-18(23)10-17(22)20-12-14-6-5-9-19-11-14/h3-9,11,13H,10,12H2,1-2H3,(H,20,22)(H,21,23). The van der Waals surface area contributed by atoms with E-state index in [1.54, 1.807) is 18.5 Å². The van der Waals surface area contributed by atoms with Crippen molar-refractivity contribution in [1.29, 1.82) is 0 Å². The highest BCUT2D eigenvalue weighted by atomic mass is 16.2. The van der Waals surface area contributed by atoms with Gasteiger partial charge in [0.2, 0.25) is 11.8 Å². The van der Waals surface area contributed by atoms with Gasteiger partial charge in [0.25, 0.3) is 0 Å². The number of aromatic nitrogens is 1. The minimum absolute atomic E-state index is 0.202. The van der Waals surface area contributed by atoms with Crippen LogP contribution in [0.2, 0.25) is 0 Å². The summed E-state index contributed by atoms with van der Waals surface area (Å²) in [4.78, 5) is 27.8. The molecule has 5 heteroatoms. The van der Waals surface area contributed by atoms with Crippen molar-refractivity contribution in [3.05, 3.63) is 59.9 Å². The third-order valence-corrected chi connectivity index (χ3v) is 3.39. The Balaban J connectivity index is 1.86. The number of hydrogen-bond donors (Lipinski definition) is 2. The lowest BCUT2D eigenvalue weighted by Crippen LogP contribution is -2.28. The molecule has 0 spiro atoms. The van der Waals surface area contributed by atoms with Crippen LogP contribution < -0.4 is 10.6 Å². The van der Waals surface area contributed by atoms with E-state index < -0.39 is 0 Å². The fourth-order valence-corrected chi connectivity index (χ4v) is 2.22. The van der Waals surface area contributed by atoms with E-state index in [0.717, 1.165) is 16.8 Å². The second-order valence-corrected chi connectivity index (χ2v) is 5.60. The van der Waals surface area contributed by atoms with Gasteiger partial charge in [0.15, 0.2) is 0 Å². The first-order chi connectivity index (χ1) is 11.1. The Bertz CT molecular complexity index is 669. The molecule has 2 amide bonds. The molecule has 1 aromatic carbocycles. The highest BCUT2D eigenvalue weighted by Crippen LogP contribution is 2.23. The van der Waals surface area contributed by atoms with Crippen molar-refractivity contribution >= 4 is 17.5 Å². The minimum atomic E-state index is -0.318. The SMILES string of the molecule is CC(C)c1ccccc1NC(=O)CC(=O)NCc1cccnc1. The lowest BCUT2D eigenvalue weighted by Gasteiger charge is -2.13. The van der Waals surface area contributed by atoms with Crippen LogP contribution in [0, 0.1) is 0 Å². The molecule has 1 heterocycles. The second kappa shape index (κ2) is 8.08. The average Bonchev–Trinajstić information content (AvgIpc) is 2.54. The average molecular weight is 311 g/mol. The summed E-state index contributed by atoms with van der Waals surface area (Å²) in [6.07, 6.45) is 3.15. The van der Waals surface area contributed by atoms with E-state index in [2.05, 4.69) is 29.5 Å². The van der Waals surface area contributed by atoms with Crippen molar-refractivity contribution in [3.63, 3.8) is 0 Å². The molecule has 0 aliphatic carbocycles. The summed E-state index contributed by atoms with van der Waals surface area (Å²) in [6, 6.07) is 11.3. The Morgan fingerprint density at radius 1 is 1.09 bits per heavy atom. The number of carbonyl (C=O) groups excluding carboxylic acids is 2. The van der Waals surface area contributed by atoms with Crippen LogP contribution in [0.4, 0.5) is 5.69 Å². The van der Waals surface area contributed by atoms with E-state index in [1.807, 2.05) is 30.3 Å². The molecule has 23 heavy (non-hydrogen) atoms. The normalized spacial score (nSPS) is 10.4. The second-order valence-electron chi connectivity index (χ2n) is 5.60. The molecule has 2 N–H and O–H groups in total. The van der Waals surface area contributed by atoms with Gasteiger partial charge < -0.3 is 10.6 Å². The molecule has 0 fully saturated rings. The van der Waals surface area contributed by atoms with Crippen LogP contribution in [-0.4, -0.2) is 16.8 Å². The van der Waals surface area contributed by atoms with E-state index in [0.29, 0.717) is 12.5 Å². The van der Waals surface area contributed by atoms with E-state index in [1.165, 1.54) is 0 Å². The maximum absolute atomic E-state index is 12.0. The Morgan fingerprint density at radius 2 is 1.87 bits per heavy atom. The summed E-state index contributed by atoms with van der Waals surface area (Å²) in [5, 5.41) is 5.52. The van der Waals surface area contributed by atoms with E-state index in [4.69, 9.17) is 0 Å². The predicted molar refractivity (Wildman–Crippen MR) is 89.9 cm³/mol. The zero-order valence-corrected chi connectivity index (χ0v) is 13.4. The van der Waals surface area contributed by atoms with Gasteiger partial charge in [-0.15, -0.1) is 0 Å². The van der Waals surface area contributed by atoms with Gasteiger partial charge in [0.1, 0.15) is 6.42 Å². The molecule has 120 valence electrons. The fourth-order valence-electron chi connectivity index (χ4n) is 2.22. The molecule has 2 aromatic rings. The first-order valence-electron chi connectivity index (χ1n) is 7.60. The lowest BCUT2D eigenvalue weighted by atomic mass is 10.0. The maximum Gasteiger partial charge on any atom is 0.233 e. The monoisotopic (exact) mass is 311 g/mol. The molecule has 0 atom stereocenters. The van der Waals surface area contributed by atoms with Gasteiger partial charge >= 0.3 is 0 Å². The van der Waals surface area contributed by atoms with Crippen molar-refractivity contribution < 1.29 is 9.59 Å². The van der Waals surface area contributed by atoms with Crippen molar-refractivity contribution in [2.24, 2.45) is 0 Å². The van der Waals surface area contributed by atoms with Crippen molar-refractivity contribution in [2.45, 2.75) is 32.7 Å². The smallest absolute Gasteiger partial charge is 0.233 e. The van der Waals surface area contributed by atoms with Gasteiger partial charge in [0.05, 0.1) is 0 Å². The van der Waals surface area contributed by atoms with E-state index in [-0.39, 0.29) is 18.2 Å². The maximum atomic E-state index is 12.0. The number of amides is 2. The Labute approximate surface area is 136 Å². The Hall–Kier alpha value is -2.69. The highest BCUT2D eigenvalue weighted by molar-refractivity contribution is 6.03. The Morgan fingerprint density at radius 3 is 2.57 bits per heavy atom. The van der Waals surface area contributed by atoms with Crippen LogP contribution in [0.5, 0.6) is 0 Å². The number of carbonyl (C=O) groups is 2. The molecule has 0 saturated carbocycles. The first-order valence-corrected chi connectivity index (χ1v) is 7.60. The zero-order chi connectivity index (χ0) is 16.7. The van der Waals surface area contributed by atoms with Gasteiger partial charge in [-0.2, -0.15) is 0 Å². The first kappa shape index (κ1) is 16.7. The fraction of sp³-hybridized carbons (Fsp3) is 0.278. The topological polar surface area (TPSA) is 71.1 Å². The molecule has 0 aliphatic heterocycles. The summed E-state index contributed by atoms with van der Waals surface area (Å²) in [6.45, 7) is 4.49. The summed E-state index contributed by atoms with van der Waals surface area (Å²) < 4.78 is 0. The Kier molecular flexibility index (Phi) is 5.86. The minimum Gasteiger partial charge on any atom is -0.352 e. The van der Waals surface area contributed by atoms with Crippen LogP contribution in [0.15, 0.2) is 48.8 Å². The third-order valence-electron chi connectivity index (χ3n) is 3.39. The summed E-state index contributed by atoms with van der Waals surface area (Å²) in [7, 11) is 0. The van der Waals surface area contributed by atoms with Crippen molar-refractivity contribution in [2.75, 3.05) is 5.32 Å². The van der Waals surface area contributed by atoms with E-state index in [9.17, 15) is 9.59 Å². The van der Waals surface area contributed by atoms with Gasteiger partial charge in [-0.05, 0) is 29.2 Å². The summed E-state index contributed by atoms with van der Waals surface area (Å²) in [5.41, 5.74) is 2.70. The number of hydrogen-bond acceptors (Lipinski definition) is 3. The summed E-state index contributed by atoms with van der Waals surface area (Å²) >= 11 is 0. The van der Waals surface area contributed by atoms with Crippen LogP contribution in [0.3, 0.4) is 0 Å². The number of pyridine rings is 1. The van der Waals surface area contributed by atoms with Gasteiger partial charge in [-0.25, -0.2) is 0 Å². The van der Waals surface area contributed by atoms with Crippen LogP contribution >= 0.6 is 0 Å². The zero-order valence-electron chi connectivity index (χ0n) is 13.4. The number of rotatable bonds is 6. The van der Waals surface area contributed by atoms with Crippen molar-refractivity contribution in [3.8, 4) is 0 Å². The van der Waals surface area contributed by atoms with Crippen molar-refractivity contribution in [1.82, 2.24) is 10.3 Å². The predicted octanol–water partition coefficient (Wildman–Crippen LogP) is 2.85. The molecule has 0 saturated heterocycles. The molecule has 0 unspecified atom stereocenters. The number of anilines is 1. The molecule has 5 nitrogen and oxygen atoms in total. The largest absolute Gasteiger partial charge is 0.352 e. The molecular weight excluding hydrogens is 290 g/mol.